The Morgan fingerprint density at radius 2 is 1.70 bits per heavy atom. The molecule has 0 aliphatic rings. The summed E-state index contributed by atoms with van der Waals surface area (Å²) in [6.45, 7) is 7.63. The molecule has 0 bridgehead atoms. The van der Waals surface area contributed by atoms with Crippen LogP contribution >= 0.6 is 0 Å². The summed E-state index contributed by atoms with van der Waals surface area (Å²) in [6.07, 6.45) is -0.718. The molecule has 0 aliphatic carbocycles. The Labute approximate surface area is 216 Å². The monoisotopic (exact) mass is 521 g/mol. The molecule has 0 radical (unpaired) electrons. The van der Waals surface area contributed by atoms with Crippen molar-refractivity contribution in [3.05, 3.63) is 78.4 Å². The predicted molar refractivity (Wildman–Crippen MR) is 145 cm³/mol. The van der Waals surface area contributed by atoms with Crippen molar-refractivity contribution in [1.29, 1.82) is 0 Å². The standard InChI is InChI=1S/C28H31N3O5S/c1-18(17-32)29-27(33)36-26-25(19-8-6-5-7-9-19)23-16-21(12-15-24(23)30-26)31-37(34,35)22-13-10-20(11-14-22)28(2,3)4/h5-16,18,30-32H,17H2,1-4H3,(H,29,33). The third-order valence-corrected chi connectivity index (χ3v) is 7.34. The van der Waals surface area contributed by atoms with Crippen LogP contribution in [0.25, 0.3) is 22.0 Å². The number of hydrogen-bond acceptors (Lipinski definition) is 5. The fourth-order valence-corrected chi connectivity index (χ4v) is 4.97. The maximum atomic E-state index is 13.1. The van der Waals surface area contributed by atoms with Gasteiger partial charge in [-0.15, -0.1) is 0 Å². The Morgan fingerprint density at radius 1 is 1.03 bits per heavy atom. The average molecular weight is 522 g/mol. The number of aromatic nitrogens is 1. The molecular weight excluding hydrogens is 490 g/mol. The van der Waals surface area contributed by atoms with Gasteiger partial charge in [0.1, 0.15) is 0 Å². The average Bonchev–Trinajstić information content (AvgIpc) is 3.20. The van der Waals surface area contributed by atoms with E-state index in [1.807, 2.05) is 42.5 Å². The fourth-order valence-electron chi connectivity index (χ4n) is 3.92. The van der Waals surface area contributed by atoms with Crippen LogP contribution in [0.1, 0.15) is 33.3 Å². The summed E-state index contributed by atoms with van der Waals surface area (Å²) < 4.78 is 34.4. The number of carbonyl (C=O) groups is 1. The minimum Gasteiger partial charge on any atom is -0.394 e. The number of aliphatic hydroxyl groups is 1. The highest BCUT2D eigenvalue weighted by molar-refractivity contribution is 7.92. The topological polar surface area (TPSA) is 121 Å². The van der Waals surface area contributed by atoms with E-state index in [1.54, 1.807) is 37.3 Å². The molecular formula is C28H31N3O5S. The second kappa shape index (κ2) is 10.3. The lowest BCUT2D eigenvalue weighted by Gasteiger charge is -2.19. The van der Waals surface area contributed by atoms with E-state index in [0.29, 0.717) is 22.2 Å². The Morgan fingerprint density at radius 3 is 2.32 bits per heavy atom. The van der Waals surface area contributed by atoms with Crippen LogP contribution in [0.15, 0.2) is 77.7 Å². The maximum Gasteiger partial charge on any atom is 0.414 e. The summed E-state index contributed by atoms with van der Waals surface area (Å²) in [5.74, 6) is 0.210. The highest BCUT2D eigenvalue weighted by Gasteiger charge is 2.21. The maximum absolute atomic E-state index is 13.1. The van der Waals surface area contributed by atoms with Crippen molar-refractivity contribution in [3.63, 3.8) is 0 Å². The van der Waals surface area contributed by atoms with Gasteiger partial charge in [0.05, 0.1) is 23.1 Å². The summed E-state index contributed by atoms with van der Waals surface area (Å²) in [5, 5.41) is 12.4. The zero-order chi connectivity index (χ0) is 26.8. The molecule has 1 unspecified atom stereocenters. The van der Waals surface area contributed by atoms with E-state index in [2.05, 4.69) is 35.8 Å². The van der Waals surface area contributed by atoms with Crippen LogP contribution in [0.4, 0.5) is 10.5 Å². The molecule has 1 heterocycles. The molecule has 1 aromatic heterocycles. The van der Waals surface area contributed by atoms with Gasteiger partial charge in [0.25, 0.3) is 10.0 Å². The minimum atomic E-state index is -3.83. The molecule has 4 aromatic rings. The van der Waals surface area contributed by atoms with Gasteiger partial charge in [-0.1, -0.05) is 63.2 Å². The molecule has 9 heteroatoms. The van der Waals surface area contributed by atoms with Gasteiger partial charge in [-0.05, 0) is 53.8 Å². The molecule has 1 amide bonds. The smallest absolute Gasteiger partial charge is 0.394 e. The van der Waals surface area contributed by atoms with Gasteiger partial charge in [-0.3, -0.25) is 4.72 Å². The van der Waals surface area contributed by atoms with Crippen LogP contribution in [-0.2, 0) is 15.4 Å². The number of nitrogens with one attached hydrogen (secondary N) is 3. The molecule has 0 fully saturated rings. The number of rotatable bonds is 7. The van der Waals surface area contributed by atoms with E-state index in [-0.39, 0.29) is 22.8 Å². The first-order chi connectivity index (χ1) is 17.5. The SMILES string of the molecule is CC(CO)NC(=O)Oc1[nH]c2ccc(NS(=O)(=O)c3ccc(C(C)(C)C)cc3)cc2c1-c1ccccc1. The van der Waals surface area contributed by atoms with Gasteiger partial charge in [0.2, 0.25) is 5.88 Å². The van der Waals surface area contributed by atoms with Gasteiger partial charge in [-0.2, -0.15) is 0 Å². The van der Waals surface area contributed by atoms with Crippen molar-refractivity contribution in [2.24, 2.45) is 0 Å². The molecule has 3 aromatic carbocycles. The van der Waals surface area contributed by atoms with E-state index in [4.69, 9.17) is 4.74 Å². The number of carbonyl (C=O) groups excluding carboxylic acids is 1. The van der Waals surface area contributed by atoms with Crippen molar-refractivity contribution in [2.75, 3.05) is 11.3 Å². The molecule has 4 N–H and O–H groups in total. The van der Waals surface area contributed by atoms with E-state index < -0.39 is 22.2 Å². The Kier molecular flexibility index (Phi) is 7.29. The van der Waals surface area contributed by atoms with Gasteiger partial charge < -0.3 is 20.1 Å². The van der Waals surface area contributed by atoms with Crippen molar-refractivity contribution >= 4 is 32.7 Å². The lowest BCUT2D eigenvalue weighted by Crippen LogP contribution is -2.37. The summed E-state index contributed by atoms with van der Waals surface area (Å²) in [7, 11) is -3.83. The molecule has 0 spiro atoms. The van der Waals surface area contributed by atoms with E-state index in [1.165, 1.54) is 0 Å². The second-order valence-electron chi connectivity index (χ2n) is 9.95. The number of fused-ring (bicyclic) bond motifs is 1. The van der Waals surface area contributed by atoms with Crippen LogP contribution < -0.4 is 14.8 Å². The number of benzene rings is 3. The summed E-state index contributed by atoms with van der Waals surface area (Å²) in [6, 6.07) is 20.8. The third kappa shape index (κ3) is 5.95. The molecule has 0 saturated carbocycles. The van der Waals surface area contributed by atoms with Crippen LogP contribution in [0.3, 0.4) is 0 Å². The molecule has 0 aliphatic heterocycles. The quantitative estimate of drug-likeness (QED) is 0.259. The lowest BCUT2D eigenvalue weighted by atomic mass is 9.87. The molecule has 37 heavy (non-hydrogen) atoms. The number of aliphatic hydroxyl groups excluding tert-OH is 1. The second-order valence-corrected chi connectivity index (χ2v) is 11.6. The zero-order valence-corrected chi connectivity index (χ0v) is 22.0. The molecule has 194 valence electrons. The van der Waals surface area contributed by atoms with Crippen LogP contribution in [0.5, 0.6) is 5.88 Å². The van der Waals surface area contributed by atoms with Crippen molar-refractivity contribution in [3.8, 4) is 17.0 Å². The zero-order valence-electron chi connectivity index (χ0n) is 21.2. The van der Waals surface area contributed by atoms with Gasteiger partial charge in [-0.25, -0.2) is 13.2 Å². The van der Waals surface area contributed by atoms with Crippen LogP contribution in [0, 0.1) is 0 Å². The van der Waals surface area contributed by atoms with Gasteiger partial charge >= 0.3 is 6.09 Å². The highest BCUT2D eigenvalue weighted by atomic mass is 32.2. The number of anilines is 1. The van der Waals surface area contributed by atoms with Crippen molar-refractivity contribution < 1.29 is 23.1 Å². The number of ether oxygens (including phenoxy) is 1. The summed E-state index contributed by atoms with van der Waals surface area (Å²) in [4.78, 5) is 15.7. The minimum absolute atomic E-state index is 0.0876. The first-order valence-electron chi connectivity index (χ1n) is 11.9. The Balaban J connectivity index is 1.70. The molecule has 1 atom stereocenters. The molecule has 8 nitrogen and oxygen atoms in total. The third-order valence-electron chi connectivity index (χ3n) is 5.94. The van der Waals surface area contributed by atoms with E-state index >= 15 is 0 Å². The predicted octanol–water partition coefficient (Wildman–Crippen LogP) is 5.40. The first kappa shape index (κ1) is 26.2. The Hall–Kier alpha value is -3.82. The normalized spacial score (nSPS) is 12.8. The van der Waals surface area contributed by atoms with E-state index in [9.17, 15) is 18.3 Å². The number of sulfonamides is 1. The summed E-state index contributed by atoms with van der Waals surface area (Å²) >= 11 is 0. The highest BCUT2D eigenvalue weighted by Crippen LogP contribution is 2.39. The number of aromatic amines is 1. The van der Waals surface area contributed by atoms with Gasteiger partial charge in [0, 0.05) is 16.6 Å². The molecule has 0 saturated heterocycles. The number of hydrogen-bond donors (Lipinski definition) is 4. The first-order valence-corrected chi connectivity index (χ1v) is 13.4. The van der Waals surface area contributed by atoms with Crippen LogP contribution in [-0.4, -0.2) is 37.3 Å². The van der Waals surface area contributed by atoms with Crippen LogP contribution in [0.2, 0.25) is 0 Å². The Bertz CT molecular complexity index is 1510. The fraction of sp³-hybridized carbons (Fsp3) is 0.250. The van der Waals surface area contributed by atoms with E-state index in [0.717, 1.165) is 11.1 Å². The number of H-pyrrole nitrogens is 1. The number of amides is 1. The van der Waals surface area contributed by atoms with Gasteiger partial charge in [0.15, 0.2) is 0 Å². The molecule has 4 rings (SSSR count). The summed E-state index contributed by atoms with van der Waals surface area (Å²) in [5.41, 5.74) is 3.37. The largest absolute Gasteiger partial charge is 0.414 e. The van der Waals surface area contributed by atoms with Crippen molar-refractivity contribution in [2.45, 2.75) is 44.0 Å². The lowest BCUT2D eigenvalue weighted by molar-refractivity contribution is 0.184. The van der Waals surface area contributed by atoms with Crippen molar-refractivity contribution in [1.82, 2.24) is 10.3 Å².